The first-order valence-corrected chi connectivity index (χ1v) is 7.24. The van der Waals surface area contributed by atoms with Crippen LogP contribution in [0.25, 0.3) is 0 Å². The average molecular weight is 304 g/mol. The van der Waals surface area contributed by atoms with Crippen LogP contribution < -0.4 is 4.74 Å². The monoisotopic (exact) mass is 304 g/mol. The average Bonchev–Trinajstić information content (AvgIpc) is 2.97. The summed E-state index contributed by atoms with van der Waals surface area (Å²) in [6.45, 7) is 6.73. The summed E-state index contributed by atoms with van der Waals surface area (Å²) in [6.07, 6.45) is 4.90. The molecule has 21 heavy (non-hydrogen) atoms. The summed E-state index contributed by atoms with van der Waals surface area (Å²) in [5.74, 6) is 0.823. The Balaban J connectivity index is 2.00. The molecule has 1 unspecified atom stereocenters. The molecule has 0 fully saturated rings. The van der Waals surface area contributed by atoms with E-state index in [0.29, 0.717) is 11.8 Å². The lowest BCUT2D eigenvalue weighted by molar-refractivity contribution is 0.0321. The van der Waals surface area contributed by atoms with Crippen LogP contribution >= 0.6 is 12.2 Å². The molecule has 0 aliphatic rings. The minimum atomic E-state index is -0.160. The fourth-order valence-electron chi connectivity index (χ4n) is 1.70. The molecule has 0 radical (unpaired) electrons. The summed E-state index contributed by atoms with van der Waals surface area (Å²) >= 11 is 5.30. The van der Waals surface area contributed by atoms with Crippen molar-refractivity contribution in [2.75, 3.05) is 6.61 Å². The van der Waals surface area contributed by atoms with E-state index in [1.54, 1.807) is 23.3 Å². The maximum Gasteiger partial charge on any atom is 0.269 e. The molecule has 1 heterocycles. The number of rotatable bonds is 4. The van der Waals surface area contributed by atoms with Crippen molar-refractivity contribution in [3.63, 3.8) is 0 Å². The van der Waals surface area contributed by atoms with E-state index in [4.69, 9.17) is 21.7 Å². The van der Waals surface area contributed by atoms with Gasteiger partial charge in [-0.3, -0.25) is 4.57 Å². The summed E-state index contributed by atoms with van der Waals surface area (Å²) < 4.78 is 13.4. The molecule has 0 N–H and O–H groups in total. The predicted octanol–water partition coefficient (Wildman–Crippen LogP) is 3.53. The second-order valence-corrected chi connectivity index (χ2v) is 6.18. The van der Waals surface area contributed by atoms with Gasteiger partial charge in [-0.2, -0.15) is 0 Å². The zero-order valence-corrected chi connectivity index (χ0v) is 13.3. The number of imidazole rings is 1. The quantitative estimate of drug-likeness (QED) is 0.810. The second kappa shape index (κ2) is 6.72. The van der Waals surface area contributed by atoms with E-state index in [-0.39, 0.29) is 11.5 Å². The van der Waals surface area contributed by atoms with Gasteiger partial charge in [0.2, 0.25) is 0 Å². The third-order valence-corrected chi connectivity index (χ3v) is 3.38. The van der Waals surface area contributed by atoms with Crippen LogP contribution in [0.3, 0.4) is 0 Å². The van der Waals surface area contributed by atoms with Crippen LogP contribution in [0.1, 0.15) is 20.8 Å². The van der Waals surface area contributed by atoms with Gasteiger partial charge < -0.3 is 9.47 Å². The summed E-state index contributed by atoms with van der Waals surface area (Å²) in [6, 6.07) is 9.69. The maximum absolute atomic E-state index is 5.91. The number of hydrogen-bond donors (Lipinski definition) is 0. The molecule has 1 atom stereocenters. The molecule has 1 aromatic carbocycles. The Bertz CT molecular complexity index is 562. The van der Waals surface area contributed by atoms with E-state index in [1.807, 2.05) is 30.3 Å². The Labute approximate surface area is 130 Å². The van der Waals surface area contributed by atoms with Crippen molar-refractivity contribution < 1.29 is 9.47 Å². The lowest BCUT2D eigenvalue weighted by Gasteiger charge is -2.31. The highest BCUT2D eigenvalue weighted by molar-refractivity contribution is 7.80. The third-order valence-electron chi connectivity index (χ3n) is 3.07. The van der Waals surface area contributed by atoms with Crippen molar-refractivity contribution in [1.29, 1.82) is 0 Å². The summed E-state index contributed by atoms with van der Waals surface area (Å²) in [5.41, 5.74) is -0.0978. The Kier molecular flexibility index (Phi) is 4.96. The van der Waals surface area contributed by atoms with Crippen LogP contribution in [0.5, 0.6) is 5.75 Å². The minimum Gasteiger partial charge on any atom is -0.490 e. The molecule has 0 saturated carbocycles. The smallest absolute Gasteiger partial charge is 0.269 e. The molecule has 0 bridgehead atoms. The molecule has 4 nitrogen and oxygen atoms in total. The van der Waals surface area contributed by atoms with Gasteiger partial charge in [0, 0.05) is 17.8 Å². The van der Waals surface area contributed by atoms with Crippen molar-refractivity contribution in [3.8, 4) is 5.75 Å². The Morgan fingerprint density at radius 1 is 1.29 bits per heavy atom. The highest BCUT2D eigenvalue weighted by Crippen LogP contribution is 2.24. The first-order valence-electron chi connectivity index (χ1n) is 6.83. The van der Waals surface area contributed by atoms with Crippen LogP contribution in [0, 0.1) is 5.41 Å². The third kappa shape index (κ3) is 4.56. The highest BCUT2D eigenvalue weighted by Gasteiger charge is 2.28. The molecule has 2 aromatic rings. The van der Waals surface area contributed by atoms with Crippen LogP contribution in [-0.2, 0) is 4.74 Å². The lowest BCUT2D eigenvalue weighted by Crippen LogP contribution is -2.37. The zero-order valence-electron chi connectivity index (χ0n) is 12.5. The Hall–Kier alpha value is -1.88. The SMILES string of the molecule is CC(C)(C)C(COc1ccccc1)OC(=S)n1ccnc1. The Morgan fingerprint density at radius 2 is 2.00 bits per heavy atom. The van der Waals surface area contributed by atoms with Crippen LogP contribution in [0.2, 0.25) is 0 Å². The van der Waals surface area contributed by atoms with E-state index in [1.165, 1.54) is 0 Å². The molecule has 0 spiro atoms. The minimum absolute atomic E-state index is 0.0978. The van der Waals surface area contributed by atoms with Gasteiger partial charge in [-0.05, 0) is 24.4 Å². The highest BCUT2D eigenvalue weighted by atomic mass is 32.1. The van der Waals surface area contributed by atoms with Crippen molar-refractivity contribution >= 4 is 17.4 Å². The molecule has 0 aliphatic carbocycles. The number of thiocarbonyl (C=S) groups is 1. The molecule has 1 aromatic heterocycles. The van der Waals surface area contributed by atoms with Gasteiger partial charge in [0.25, 0.3) is 5.17 Å². The summed E-state index contributed by atoms with van der Waals surface area (Å²) in [4.78, 5) is 3.97. The van der Waals surface area contributed by atoms with Crippen molar-refractivity contribution in [3.05, 3.63) is 49.1 Å². The number of hydrogen-bond acceptors (Lipinski definition) is 4. The molecule has 0 aliphatic heterocycles. The van der Waals surface area contributed by atoms with Gasteiger partial charge in [-0.1, -0.05) is 39.0 Å². The van der Waals surface area contributed by atoms with E-state index in [0.717, 1.165) is 5.75 Å². The molecule has 5 heteroatoms. The Morgan fingerprint density at radius 3 is 2.57 bits per heavy atom. The number of ether oxygens (including phenoxy) is 2. The van der Waals surface area contributed by atoms with E-state index in [2.05, 4.69) is 25.8 Å². The largest absolute Gasteiger partial charge is 0.490 e. The first-order chi connectivity index (χ1) is 9.97. The predicted molar refractivity (Wildman–Crippen MR) is 86.5 cm³/mol. The van der Waals surface area contributed by atoms with Crippen molar-refractivity contribution in [2.24, 2.45) is 5.41 Å². The van der Waals surface area contributed by atoms with Gasteiger partial charge >= 0.3 is 0 Å². The number of benzene rings is 1. The molecule has 112 valence electrons. The topological polar surface area (TPSA) is 36.3 Å². The van der Waals surface area contributed by atoms with Gasteiger partial charge in [-0.15, -0.1) is 0 Å². The van der Waals surface area contributed by atoms with Gasteiger partial charge in [0.15, 0.2) is 0 Å². The summed E-state index contributed by atoms with van der Waals surface area (Å²) in [7, 11) is 0. The van der Waals surface area contributed by atoms with Crippen LogP contribution in [0.4, 0.5) is 0 Å². The number of aromatic nitrogens is 2. The van der Waals surface area contributed by atoms with Crippen molar-refractivity contribution in [2.45, 2.75) is 26.9 Å². The molecule has 2 rings (SSSR count). The molecule has 0 saturated heterocycles. The fraction of sp³-hybridized carbons (Fsp3) is 0.375. The van der Waals surface area contributed by atoms with Crippen LogP contribution in [-0.4, -0.2) is 27.4 Å². The maximum atomic E-state index is 5.91. The normalized spacial score (nSPS) is 12.7. The molecular weight excluding hydrogens is 284 g/mol. The van der Waals surface area contributed by atoms with Gasteiger partial charge in [0.1, 0.15) is 24.8 Å². The standard InChI is InChI=1S/C16H20N2O2S/c1-16(2,3)14(11-19-13-7-5-4-6-8-13)20-15(21)18-10-9-17-12-18/h4-10,12,14H,11H2,1-3H3. The second-order valence-electron chi connectivity index (χ2n) is 5.83. The zero-order chi connectivity index (χ0) is 15.3. The first kappa shape index (κ1) is 15.5. The fourth-order valence-corrected chi connectivity index (χ4v) is 1.92. The molecule has 0 amide bonds. The van der Waals surface area contributed by atoms with Gasteiger partial charge in [-0.25, -0.2) is 4.98 Å². The van der Waals surface area contributed by atoms with E-state index >= 15 is 0 Å². The van der Waals surface area contributed by atoms with Gasteiger partial charge in [0.05, 0.1) is 0 Å². The number of para-hydroxylation sites is 1. The van der Waals surface area contributed by atoms with Crippen molar-refractivity contribution in [1.82, 2.24) is 9.55 Å². The molecular formula is C16H20N2O2S. The van der Waals surface area contributed by atoms with E-state index in [9.17, 15) is 0 Å². The summed E-state index contributed by atoms with van der Waals surface area (Å²) in [5, 5.41) is 0.379. The van der Waals surface area contributed by atoms with Crippen LogP contribution in [0.15, 0.2) is 49.1 Å². The van der Waals surface area contributed by atoms with E-state index < -0.39 is 0 Å². The number of nitrogens with zero attached hydrogens (tertiary/aromatic N) is 2. The lowest BCUT2D eigenvalue weighted by atomic mass is 9.89.